The van der Waals surface area contributed by atoms with Gasteiger partial charge in [-0.05, 0) is 49.8 Å². The molecule has 2 N–H and O–H groups in total. The molecule has 19 heavy (non-hydrogen) atoms. The van der Waals surface area contributed by atoms with E-state index in [0.29, 0.717) is 0 Å². The zero-order chi connectivity index (χ0) is 13.7. The van der Waals surface area contributed by atoms with Crippen LogP contribution < -0.4 is 5.73 Å². The monoisotopic (exact) mass is 253 g/mol. The average Bonchev–Trinajstić information content (AvgIpc) is 2.40. The third-order valence-corrected chi connectivity index (χ3v) is 3.76. The van der Waals surface area contributed by atoms with E-state index in [1.54, 1.807) is 0 Å². The van der Waals surface area contributed by atoms with Crippen molar-refractivity contribution < 1.29 is 0 Å². The number of hydrogen-bond donors (Lipinski definition) is 1. The van der Waals surface area contributed by atoms with E-state index in [1.165, 1.54) is 16.7 Å². The maximum atomic E-state index is 6.50. The van der Waals surface area contributed by atoms with Crippen LogP contribution in [0, 0.1) is 6.92 Å². The van der Waals surface area contributed by atoms with Gasteiger partial charge in [-0.3, -0.25) is 0 Å². The Morgan fingerprint density at radius 2 is 1.58 bits per heavy atom. The molecular formula is C18H23N. The molecule has 0 bridgehead atoms. The average molecular weight is 253 g/mol. The predicted molar refractivity (Wildman–Crippen MR) is 82.1 cm³/mol. The Balaban J connectivity index is 1.97. The number of aryl methyl sites for hydroxylation is 2. The van der Waals surface area contributed by atoms with Crippen LogP contribution in [0.5, 0.6) is 0 Å². The molecule has 0 aliphatic carbocycles. The van der Waals surface area contributed by atoms with E-state index in [9.17, 15) is 0 Å². The van der Waals surface area contributed by atoms with Crippen molar-refractivity contribution >= 4 is 0 Å². The van der Waals surface area contributed by atoms with Crippen molar-refractivity contribution in [1.82, 2.24) is 0 Å². The Morgan fingerprint density at radius 3 is 2.26 bits per heavy atom. The number of benzene rings is 2. The molecule has 1 heteroatoms. The second-order valence-corrected chi connectivity index (χ2v) is 5.57. The van der Waals surface area contributed by atoms with E-state index in [4.69, 9.17) is 5.73 Å². The molecule has 0 aliphatic rings. The first-order valence-electron chi connectivity index (χ1n) is 6.98. The molecule has 1 unspecified atom stereocenters. The van der Waals surface area contributed by atoms with Gasteiger partial charge >= 0.3 is 0 Å². The van der Waals surface area contributed by atoms with Crippen molar-refractivity contribution in [3.05, 3.63) is 71.3 Å². The van der Waals surface area contributed by atoms with Crippen LogP contribution in [0.3, 0.4) is 0 Å². The standard InChI is InChI=1S/C18H23N/c1-15-9-6-7-13-17(15)18(2,19)14-8-12-16-10-4-3-5-11-16/h3-7,9-11,13H,8,12,14,19H2,1-2H3. The molecule has 100 valence electrons. The summed E-state index contributed by atoms with van der Waals surface area (Å²) in [4.78, 5) is 0. The Morgan fingerprint density at radius 1 is 0.947 bits per heavy atom. The molecule has 2 aromatic carbocycles. The number of hydrogen-bond acceptors (Lipinski definition) is 1. The lowest BCUT2D eigenvalue weighted by Gasteiger charge is -2.27. The van der Waals surface area contributed by atoms with Gasteiger partial charge < -0.3 is 5.73 Å². The van der Waals surface area contributed by atoms with E-state index in [1.807, 2.05) is 0 Å². The number of rotatable bonds is 5. The highest BCUT2D eigenvalue weighted by Crippen LogP contribution is 2.26. The Hall–Kier alpha value is -1.60. The van der Waals surface area contributed by atoms with Crippen LogP contribution in [-0.4, -0.2) is 0 Å². The van der Waals surface area contributed by atoms with Crippen molar-refractivity contribution in [2.24, 2.45) is 5.73 Å². The molecule has 0 saturated heterocycles. The normalized spacial score (nSPS) is 14.1. The van der Waals surface area contributed by atoms with Crippen molar-refractivity contribution in [3.8, 4) is 0 Å². The molecule has 0 aliphatic heterocycles. The molecule has 0 amide bonds. The molecule has 0 aromatic heterocycles. The highest BCUT2D eigenvalue weighted by molar-refractivity contribution is 5.31. The Labute approximate surface area is 116 Å². The molecule has 2 aromatic rings. The molecule has 0 saturated carbocycles. The third-order valence-electron chi connectivity index (χ3n) is 3.76. The summed E-state index contributed by atoms with van der Waals surface area (Å²) >= 11 is 0. The summed E-state index contributed by atoms with van der Waals surface area (Å²) in [5.41, 5.74) is 10.2. The van der Waals surface area contributed by atoms with Crippen molar-refractivity contribution in [1.29, 1.82) is 0 Å². The Bertz CT molecular complexity index is 514. The molecule has 2 rings (SSSR count). The van der Waals surface area contributed by atoms with Crippen LogP contribution in [0.4, 0.5) is 0 Å². The van der Waals surface area contributed by atoms with E-state index >= 15 is 0 Å². The fourth-order valence-electron chi connectivity index (χ4n) is 2.65. The minimum Gasteiger partial charge on any atom is -0.322 e. The van der Waals surface area contributed by atoms with E-state index in [2.05, 4.69) is 68.4 Å². The molecular weight excluding hydrogens is 230 g/mol. The summed E-state index contributed by atoms with van der Waals surface area (Å²) in [6.45, 7) is 4.28. The maximum Gasteiger partial charge on any atom is 0.0383 e. The topological polar surface area (TPSA) is 26.0 Å². The van der Waals surface area contributed by atoms with Crippen molar-refractivity contribution in [3.63, 3.8) is 0 Å². The fourth-order valence-corrected chi connectivity index (χ4v) is 2.65. The lowest BCUT2D eigenvalue weighted by molar-refractivity contribution is 0.434. The summed E-state index contributed by atoms with van der Waals surface area (Å²) in [6.07, 6.45) is 3.22. The zero-order valence-corrected chi connectivity index (χ0v) is 11.9. The van der Waals surface area contributed by atoms with Crippen LogP contribution in [0.1, 0.15) is 36.5 Å². The molecule has 0 fully saturated rings. The predicted octanol–water partition coefficient (Wildman–Crippen LogP) is 4.19. The summed E-state index contributed by atoms with van der Waals surface area (Å²) in [5.74, 6) is 0. The molecule has 0 spiro atoms. The van der Waals surface area contributed by atoms with E-state index < -0.39 is 0 Å². The minimum absolute atomic E-state index is 0.236. The maximum absolute atomic E-state index is 6.50. The van der Waals surface area contributed by atoms with Crippen molar-refractivity contribution in [2.75, 3.05) is 0 Å². The lowest BCUT2D eigenvalue weighted by Crippen LogP contribution is -2.33. The molecule has 0 radical (unpaired) electrons. The fraction of sp³-hybridized carbons (Fsp3) is 0.333. The summed E-state index contributed by atoms with van der Waals surface area (Å²) in [7, 11) is 0. The smallest absolute Gasteiger partial charge is 0.0383 e. The van der Waals surface area contributed by atoms with Crippen LogP contribution in [0.25, 0.3) is 0 Å². The minimum atomic E-state index is -0.236. The van der Waals surface area contributed by atoms with Gasteiger partial charge in [0.25, 0.3) is 0 Å². The van der Waals surface area contributed by atoms with Gasteiger partial charge in [0.15, 0.2) is 0 Å². The van der Waals surface area contributed by atoms with Crippen LogP contribution in [-0.2, 0) is 12.0 Å². The van der Waals surface area contributed by atoms with Crippen LogP contribution in [0.15, 0.2) is 54.6 Å². The summed E-state index contributed by atoms with van der Waals surface area (Å²) in [5, 5.41) is 0. The van der Waals surface area contributed by atoms with Gasteiger partial charge in [0.05, 0.1) is 0 Å². The van der Waals surface area contributed by atoms with Gasteiger partial charge in [-0.1, -0.05) is 54.6 Å². The molecule has 1 atom stereocenters. The highest BCUT2D eigenvalue weighted by atomic mass is 14.7. The third kappa shape index (κ3) is 3.68. The summed E-state index contributed by atoms with van der Waals surface area (Å²) < 4.78 is 0. The Kier molecular flexibility index (Phi) is 4.39. The lowest BCUT2D eigenvalue weighted by atomic mass is 9.85. The quantitative estimate of drug-likeness (QED) is 0.849. The van der Waals surface area contributed by atoms with Crippen molar-refractivity contribution in [2.45, 2.75) is 38.6 Å². The first-order valence-corrected chi connectivity index (χ1v) is 6.98. The van der Waals surface area contributed by atoms with Gasteiger partial charge in [-0.2, -0.15) is 0 Å². The highest BCUT2D eigenvalue weighted by Gasteiger charge is 2.21. The van der Waals surface area contributed by atoms with Gasteiger partial charge in [0, 0.05) is 5.54 Å². The summed E-state index contributed by atoms with van der Waals surface area (Å²) in [6, 6.07) is 19.0. The first kappa shape index (κ1) is 13.8. The second-order valence-electron chi connectivity index (χ2n) is 5.57. The molecule has 0 heterocycles. The van der Waals surface area contributed by atoms with Gasteiger partial charge in [-0.25, -0.2) is 0 Å². The first-order chi connectivity index (χ1) is 9.09. The SMILES string of the molecule is Cc1ccccc1C(C)(N)CCCc1ccccc1. The van der Waals surface area contributed by atoms with Crippen LogP contribution >= 0.6 is 0 Å². The van der Waals surface area contributed by atoms with Gasteiger partial charge in [0.1, 0.15) is 0 Å². The molecule has 1 nitrogen and oxygen atoms in total. The van der Waals surface area contributed by atoms with E-state index in [-0.39, 0.29) is 5.54 Å². The number of nitrogens with two attached hydrogens (primary N) is 1. The van der Waals surface area contributed by atoms with Gasteiger partial charge in [0.2, 0.25) is 0 Å². The van der Waals surface area contributed by atoms with E-state index in [0.717, 1.165) is 19.3 Å². The largest absolute Gasteiger partial charge is 0.322 e. The van der Waals surface area contributed by atoms with Crippen LogP contribution in [0.2, 0.25) is 0 Å². The van der Waals surface area contributed by atoms with Gasteiger partial charge in [-0.15, -0.1) is 0 Å². The zero-order valence-electron chi connectivity index (χ0n) is 11.9. The second kappa shape index (κ2) is 6.03.